The SMILES string of the molecule is C[C@H](NC(=O)NCCC1(C)OCCO1)c1ccc(F)cc1F. The summed E-state index contributed by atoms with van der Waals surface area (Å²) in [4.78, 5) is 11.8. The Morgan fingerprint density at radius 2 is 2.05 bits per heavy atom. The Kier molecular flexibility index (Phi) is 5.31. The number of rotatable bonds is 5. The van der Waals surface area contributed by atoms with Crippen LogP contribution in [0.15, 0.2) is 18.2 Å². The average molecular weight is 314 g/mol. The zero-order valence-corrected chi connectivity index (χ0v) is 12.6. The van der Waals surface area contributed by atoms with Gasteiger partial charge in [-0.15, -0.1) is 0 Å². The van der Waals surface area contributed by atoms with E-state index in [0.29, 0.717) is 26.2 Å². The molecule has 0 spiro atoms. The highest BCUT2D eigenvalue weighted by Crippen LogP contribution is 2.21. The summed E-state index contributed by atoms with van der Waals surface area (Å²) >= 11 is 0. The summed E-state index contributed by atoms with van der Waals surface area (Å²) in [6.45, 7) is 4.89. The Bertz CT molecular complexity index is 534. The molecule has 2 rings (SSSR count). The highest BCUT2D eigenvalue weighted by Gasteiger charge is 2.30. The molecular formula is C15H20F2N2O3. The summed E-state index contributed by atoms with van der Waals surface area (Å²) in [5.41, 5.74) is 0.228. The molecule has 1 aromatic carbocycles. The molecule has 1 fully saturated rings. The number of hydrogen-bond acceptors (Lipinski definition) is 3. The van der Waals surface area contributed by atoms with Gasteiger partial charge in [0.15, 0.2) is 5.79 Å². The maximum absolute atomic E-state index is 13.6. The molecule has 1 atom stereocenters. The van der Waals surface area contributed by atoms with Crippen LogP contribution in [-0.4, -0.2) is 31.6 Å². The van der Waals surface area contributed by atoms with E-state index in [9.17, 15) is 13.6 Å². The fraction of sp³-hybridized carbons (Fsp3) is 0.533. The number of hydrogen-bond donors (Lipinski definition) is 2. The van der Waals surface area contributed by atoms with Crippen molar-refractivity contribution in [3.05, 3.63) is 35.4 Å². The van der Waals surface area contributed by atoms with E-state index in [-0.39, 0.29) is 5.56 Å². The number of carbonyl (C=O) groups excluding carboxylic acids is 1. The topological polar surface area (TPSA) is 59.6 Å². The van der Waals surface area contributed by atoms with E-state index in [4.69, 9.17) is 9.47 Å². The second-order valence-electron chi connectivity index (χ2n) is 5.37. The lowest BCUT2D eigenvalue weighted by Crippen LogP contribution is -2.40. The van der Waals surface area contributed by atoms with E-state index in [1.165, 1.54) is 6.07 Å². The van der Waals surface area contributed by atoms with Crippen LogP contribution >= 0.6 is 0 Å². The third kappa shape index (κ3) is 4.38. The molecule has 22 heavy (non-hydrogen) atoms. The highest BCUT2D eigenvalue weighted by atomic mass is 19.1. The van der Waals surface area contributed by atoms with Gasteiger partial charge in [0.2, 0.25) is 0 Å². The molecule has 1 aliphatic heterocycles. The zero-order valence-electron chi connectivity index (χ0n) is 12.6. The van der Waals surface area contributed by atoms with Crippen molar-refractivity contribution in [1.29, 1.82) is 0 Å². The molecule has 5 nitrogen and oxygen atoms in total. The van der Waals surface area contributed by atoms with Gasteiger partial charge in [-0.05, 0) is 19.9 Å². The second-order valence-corrected chi connectivity index (χ2v) is 5.37. The smallest absolute Gasteiger partial charge is 0.315 e. The Hall–Kier alpha value is -1.73. The van der Waals surface area contributed by atoms with Crippen LogP contribution in [0.25, 0.3) is 0 Å². The van der Waals surface area contributed by atoms with E-state index >= 15 is 0 Å². The van der Waals surface area contributed by atoms with Crippen molar-refractivity contribution < 1.29 is 23.0 Å². The molecule has 1 heterocycles. The average Bonchev–Trinajstić information content (AvgIpc) is 2.85. The van der Waals surface area contributed by atoms with Gasteiger partial charge in [-0.3, -0.25) is 0 Å². The van der Waals surface area contributed by atoms with Gasteiger partial charge in [0.05, 0.1) is 19.3 Å². The van der Waals surface area contributed by atoms with Crippen LogP contribution in [0, 0.1) is 11.6 Å². The van der Waals surface area contributed by atoms with Crippen molar-refractivity contribution in [2.45, 2.75) is 32.1 Å². The van der Waals surface area contributed by atoms with Crippen LogP contribution in [0.5, 0.6) is 0 Å². The van der Waals surface area contributed by atoms with Crippen LogP contribution in [0.2, 0.25) is 0 Å². The van der Waals surface area contributed by atoms with Crippen molar-refractivity contribution in [3.8, 4) is 0 Å². The minimum Gasteiger partial charge on any atom is -0.348 e. The summed E-state index contributed by atoms with van der Waals surface area (Å²) < 4.78 is 37.3. The largest absolute Gasteiger partial charge is 0.348 e. The summed E-state index contributed by atoms with van der Waals surface area (Å²) in [6.07, 6.45) is 0.514. The molecule has 0 radical (unpaired) electrons. The van der Waals surface area contributed by atoms with E-state index in [1.807, 2.05) is 6.92 Å². The maximum atomic E-state index is 13.6. The Labute approximate surface area is 128 Å². The van der Waals surface area contributed by atoms with Gasteiger partial charge in [0.25, 0.3) is 0 Å². The summed E-state index contributed by atoms with van der Waals surface area (Å²) in [5.74, 6) is -2.00. The van der Waals surface area contributed by atoms with Gasteiger partial charge < -0.3 is 20.1 Å². The highest BCUT2D eigenvalue weighted by molar-refractivity contribution is 5.74. The van der Waals surface area contributed by atoms with Crippen molar-refractivity contribution >= 4 is 6.03 Å². The molecule has 1 aromatic rings. The summed E-state index contributed by atoms with van der Waals surface area (Å²) in [7, 11) is 0. The van der Waals surface area contributed by atoms with Crippen molar-refractivity contribution in [2.24, 2.45) is 0 Å². The van der Waals surface area contributed by atoms with E-state index in [1.54, 1.807) is 6.92 Å². The van der Waals surface area contributed by atoms with Crippen molar-refractivity contribution in [1.82, 2.24) is 10.6 Å². The fourth-order valence-corrected chi connectivity index (χ4v) is 2.28. The Balaban J connectivity index is 1.78. The van der Waals surface area contributed by atoms with Gasteiger partial charge in [0.1, 0.15) is 11.6 Å². The molecule has 7 heteroatoms. The number of urea groups is 1. The lowest BCUT2D eigenvalue weighted by molar-refractivity contribution is -0.145. The Morgan fingerprint density at radius 3 is 2.68 bits per heavy atom. The first-order valence-corrected chi connectivity index (χ1v) is 7.17. The van der Waals surface area contributed by atoms with E-state index in [2.05, 4.69) is 10.6 Å². The second kappa shape index (κ2) is 7.02. The lowest BCUT2D eigenvalue weighted by Gasteiger charge is -2.22. The number of halogens is 2. The van der Waals surface area contributed by atoms with Crippen LogP contribution in [0.4, 0.5) is 13.6 Å². The molecule has 0 saturated carbocycles. The monoisotopic (exact) mass is 314 g/mol. The molecule has 0 aliphatic carbocycles. The molecule has 0 aromatic heterocycles. The van der Waals surface area contributed by atoms with Gasteiger partial charge in [0, 0.05) is 24.6 Å². The van der Waals surface area contributed by atoms with E-state index in [0.717, 1.165) is 12.1 Å². The van der Waals surface area contributed by atoms with Gasteiger partial charge in [-0.25, -0.2) is 13.6 Å². The maximum Gasteiger partial charge on any atom is 0.315 e. The standard InChI is InChI=1S/C15H20F2N2O3/c1-10(12-4-3-11(16)9-13(12)17)19-14(20)18-6-5-15(2)21-7-8-22-15/h3-4,9-10H,5-8H2,1-2H3,(H2,18,19,20)/t10-/m0/s1. The molecule has 1 saturated heterocycles. The van der Waals surface area contributed by atoms with Gasteiger partial charge >= 0.3 is 6.03 Å². The minimum atomic E-state index is -0.687. The molecular weight excluding hydrogens is 294 g/mol. The molecule has 0 unspecified atom stereocenters. The molecule has 2 N–H and O–H groups in total. The third-order valence-electron chi connectivity index (χ3n) is 3.54. The molecule has 122 valence electrons. The van der Waals surface area contributed by atoms with Crippen LogP contribution in [0.1, 0.15) is 31.9 Å². The van der Waals surface area contributed by atoms with Gasteiger partial charge in [-0.1, -0.05) is 6.07 Å². The number of carbonyl (C=O) groups is 1. The number of amides is 2. The normalized spacial score (nSPS) is 18.0. The predicted molar refractivity (Wildman–Crippen MR) is 76.2 cm³/mol. The van der Waals surface area contributed by atoms with Crippen molar-refractivity contribution in [3.63, 3.8) is 0 Å². The molecule has 0 bridgehead atoms. The van der Waals surface area contributed by atoms with Crippen LogP contribution in [-0.2, 0) is 9.47 Å². The molecule has 1 aliphatic rings. The zero-order chi connectivity index (χ0) is 16.2. The predicted octanol–water partition coefficient (Wildman–Crippen LogP) is 2.48. The number of ether oxygens (including phenoxy) is 2. The minimum absolute atomic E-state index is 0.228. The summed E-state index contributed by atoms with van der Waals surface area (Å²) in [6, 6.07) is 2.26. The van der Waals surface area contributed by atoms with Crippen molar-refractivity contribution in [2.75, 3.05) is 19.8 Å². The Morgan fingerprint density at radius 1 is 1.36 bits per heavy atom. The first-order valence-electron chi connectivity index (χ1n) is 7.17. The molecule has 2 amide bonds. The number of nitrogens with one attached hydrogen (secondary N) is 2. The van der Waals surface area contributed by atoms with Crippen LogP contribution in [0.3, 0.4) is 0 Å². The van der Waals surface area contributed by atoms with Crippen LogP contribution < -0.4 is 10.6 Å². The quantitative estimate of drug-likeness (QED) is 0.878. The summed E-state index contributed by atoms with van der Waals surface area (Å²) in [5, 5.41) is 5.26. The number of benzene rings is 1. The van der Waals surface area contributed by atoms with E-state index < -0.39 is 29.5 Å². The fourth-order valence-electron chi connectivity index (χ4n) is 2.28. The first kappa shape index (κ1) is 16.6. The van der Waals surface area contributed by atoms with Gasteiger partial charge in [-0.2, -0.15) is 0 Å². The third-order valence-corrected chi connectivity index (χ3v) is 3.54. The lowest BCUT2D eigenvalue weighted by atomic mass is 10.1. The first-order chi connectivity index (χ1) is 10.4.